The molecule has 0 saturated heterocycles. The predicted octanol–water partition coefficient (Wildman–Crippen LogP) is 1.26. The predicted molar refractivity (Wildman–Crippen MR) is 90.3 cm³/mol. The molecule has 8 heteroatoms. The van der Waals surface area contributed by atoms with E-state index in [-0.39, 0.29) is 11.9 Å². The number of anilines is 2. The second-order valence-corrected chi connectivity index (χ2v) is 5.70. The maximum atomic E-state index is 12.6. The van der Waals surface area contributed by atoms with Gasteiger partial charge in [0.2, 0.25) is 5.95 Å². The van der Waals surface area contributed by atoms with Crippen molar-refractivity contribution in [3.05, 3.63) is 35.5 Å². The lowest BCUT2D eigenvalue weighted by molar-refractivity contribution is 0.0727. The first-order valence-electron chi connectivity index (χ1n) is 8.13. The van der Waals surface area contributed by atoms with Gasteiger partial charge in [-0.15, -0.1) is 0 Å². The number of aromatic nitrogens is 4. The topological polar surface area (TPSA) is 110 Å². The van der Waals surface area contributed by atoms with E-state index >= 15 is 0 Å². The molecule has 8 nitrogen and oxygen atoms in total. The van der Waals surface area contributed by atoms with Gasteiger partial charge in [0.05, 0.1) is 18.4 Å². The Hall–Kier alpha value is -2.77. The minimum absolute atomic E-state index is 0.134. The van der Waals surface area contributed by atoms with Gasteiger partial charge >= 0.3 is 0 Å². The van der Waals surface area contributed by atoms with Crippen molar-refractivity contribution in [2.75, 3.05) is 24.1 Å². The van der Waals surface area contributed by atoms with E-state index in [1.165, 1.54) is 12.4 Å². The molecule has 1 aliphatic rings. The molecule has 0 aromatic carbocycles. The molecule has 0 unspecified atom stereocenters. The summed E-state index contributed by atoms with van der Waals surface area (Å²) in [6.45, 7) is 3.97. The summed E-state index contributed by atoms with van der Waals surface area (Å²) >= 11 is 0. The highest BCUT2D eigenvalue weighted by molar-refractivity contribution is 5.92. The molecular formula is C16H21N7O. The Balaban J connectivity index is 1.82. The normalized spacial score (nSPS) is 13.5. The zero-order valence-corrected chi connectivity index (χ0v) is 13.7. The molecule has 0 bridgehead atoms. The van der Waals surface area contributed by atoms with Crippen molar-refractivity contribution in [1.82, 2.24) is 24.8 Å². The largest absolute Gasteiger partial charge is 0.370 e. The third-order valence-electron chi connectivity index (χ3n) is 3.97. The summed E-state index contributed by atoms with van der Waals surface area (Å²) in [4.78, 5) is 31.0. The van der Waals surface area contributed by atoms with Crippen molar-refractivity contribution in [3.63, 3.8) is 0 Å². The summed E-state index contributed by atoms with van der Waals surface area (Å²) in [5, 5.41) is 3.32. The van der Waals surface area contributed by atoms with E-state index in [1.807, 2.05) is 0 Å². The van der Waals surface area contributed by atoms with Crippen LogP contribution in [0.4, 0.5) is 11.8 Å². The van der Waals surface area contributed by atoms with Crippen LogP contribution in [-0.4, -0.2) is 43.8 Å². The molecule has 0 fully saturated rings. The number of rotatable bonds is 5. The monoisotopic (exact) mass is 327 g/mol. The smallest absolute Gasteiger partial charge is 0.274 e. The van der Waals surface area contributed by atoms with Gasteiger partial charge in [-0.3, -0.25) is 9.78 Å². The second kappa shape index (κ2) is 7.20. The number of carbonyl (C=O) groups excluding carboxylic acids is 1. The van der Waals surface area contributed by atoms with E-state index in [0.29, 0.717) is 25.2 Å². The summed E-state index contributed by atoms with van der Waals surface area (Å²) in [5.74, 6) is 0.856. The molecule has 24 heavy (non-hydrogen) atoms. The van der Waals surface area contributed by atoms with Crippen LogP contribution in [0, 0.1) is 0 Å². The molecule has 3 heterocycles. The van der Waals surface area contributed by atoms with E-state index < -0.39 is 0 Å². The maximum Gasteiger partial charge on any atom is 0.274 e. The Kier molecular flexibility index (Phi) is 4.83. The molecule has 0 saturated carbocycles. The fraction of sp³-hybridized carbons (Fsp3) is 0.438. The molecular weight excluding hydrogens is 306 g/mol. The van der Waals surface area contributed by atoms with Crippen molar-refractivity contribution in [1.29, 1.82) is 0 Å². The Morgan fingerprint density at radius 2 is 2.25 bits per heavy atom. The van der Waals surface area contributed by atoms with Crippen LogP contribution >= 0.6 is 0 Å². The molecule has 0 radical (unpaired) electrons. The van der Waals surface area contributed by atoms with Gasteiger partial charge in [-0.2, -0.15) is 4.98 Å². The molecule has 3 N–H and O–H groups in total. The number of nitrogens with zero attached hydrogens (tertiary/aromatic N) is 5. The fourth-order valence-corrected chi connectivity index (χ4v) is 2.71. The van der Waals surface area contributed by atoms with E-state index in [4.69, 9.17) is 5.73 Å². The van der Waals surface area contributed by atoms with Crippen LogP contribution < -0.4 is 11.1 Å². The lowest BCUT2D eigenvalue weighted by atomic mass is 10.1. The number of hydrogen-bond acceptors (Lipinski definition) is 7. The highest BCUT2D eigenvalue weighted by atomic mass is 16.2. The Labute approximate surface area is 140 Å². The number of nitrogens with two attached hydrogens (primary N) is 1. The minimum atomic E-state index is -0.134. The molecule has 1 aliphatic heterocycles. The average molecular weight is 327 g/mol. The highest BCUT2D eigenvalue weighted by Gasteiger charge is 2.26. The van der Waals surface area contributed by atoms with E-state index in [9.17, 15) is 4.79 Å². The Bertz CT molecular complexity index is 720. The van der Waals surface area contributed by atoms with Crippen LogP contribution in [0.15, 0.2) is 18.6 Å². The average Bonchev–Trinajstić information content (AvgIpc) is 2.61. The quantitative estimate of drug-likeness (QED) is 0.795. The second-order valence-electron chi connectivity index (χ2n) is 5.70. The van der Waals surface area contributed by atoms with Gasteiger partial charge in [0.25, 0.3) is 5.91 Å². The summed E-state index contributed by atoms with van der Waals surface area (Å²) in [6.07, 6.45) is 7.34. The van der Waals surface area contributed by atoms with Crippen molar-refractivity contribution >= 4 is 17.7 Å². The zero-order chi connectivity index (χ0) is 16.9. The van der Waals surface area contributed by atoms with Gasteiger partial charge in [-0.05, 0) is 6.42 Å². The molecule has 2 aromatic rings. The van der Waals surface area contributed by atoms with Crippen molar-refractivity contribution in [2.45, 2.75) is 32.7 Å². The van der Waals surface area contributed by atoms with Gasteiger partial charge in [0.1, 0.15) is 11.5 Å². The molecule has 2 aromatic heterocycles. The fourth-order valence-electron chi connectivity index (χ4n) is 2.71. The van der Waals surface area contributed by atoms with E-state index in [1.54, 1.807) is 11.1 Å². The van der Waals surface area contributed by atoms with Crippen LogP contribution in [0.2, 0.25) is 0 Å². The third kappa shape index (κ3) is 3.42. The number of amides is 1. The SMILES string of the molecule is CCCCNc1nc(N)nc2c1CN(C(=O)c1cnccn1)CC2. The van der Waals surface area contributed by atoms with E-state index in [0.717, 1.165) is 36.5 Å². The van der Waals surface area contributed by atoms with Gasteiger partial charge < -0.3 is 16.0 Å². The van der Waals surface area contributed by atoms with Crippen LogP contribution in [0.25, 0.3) is 0 Å². The van der Waals surface area contributed by atoms with Crippen LogP contribution in [0.3, 0.4) is 0 Å². The van der Waals surface area contributed by atoms with Gasteiger partial charge in [-0.1, -0.05) is 13.3 Å². The summed E-state index contributed by atoms with van der Waals surface area (Å²) < 4.78 is 0. The van der Waals surface area contributed by atoms with Crippen LogP contribution in [-0.2, 0) is 13.0 Å². The van der Waals surface area contributed by atoms with Crippen molar-refractivity contribution in [3.8, 4) is 0 Å². The molecule has 1 amide bonds. The standard InChI is InChI=1S/C16H21N7O/c1-2-3-5-20-14-11-10-23(8-4-12(11)21-16(17)22-14)15(24)13-9-18-6-7-19-13/h6-7,9H,2-5,8,10H2,1H3,(H3,17,20,21,22). The van der Waals surface area contributed by atoms with E-state index in [2.05, 4.69) is 32.2 Å². The van der Waals surface area contributed by atoms with Crippen molar-refractivity contribution in [2.24, 2.45) is 0 Å². The number of unbranched alkanes of at least 4 members (excludes halogenated alkanes) is 1. The van der Waals surface area contributed by atoms with Crippen molar-refractivity contribution < 1.29 is 4.79 Å². The highest BCUT2D eigenvalue weighted by Crippen LogP contribution is 2.25. The maximum absolute atomic E-state index is 12.6. The number of hydrogen-bond donors (Lipinski definition) is 2. The first kappa shape index (κ1) is 16.1. The Morgan fingerprint density at radius 1 is 1.38 bits per heavy atom. The van der Waals surface area contributed by atoms with Gasteiger partial charge in [0, 0.05) is 37.5 Å². The zero-order valence-electron chi connectivity index (χ0n) is 13.7. The first-order chi connectivity index (χ1) is 11.7. The summed E-state index contributed by atoms with van der Waals surface area (Å²) in [7, 11) is 0. The number of carbonyl (C=O) groups is 1. The van der Waals surface area contributed by atoms with Gasteiger partial charge in [0.15, 0.2) is 0 Å². The molecule has 0 spiro atoms. The molecule has 0 aliphatic carbocycles. The number of fused-ring (bicyclic) bond motifs is 1. The number of nitrogens with one attached hydrogen (secondary N) is 1. The van der Waals surface area contributed by atoms with Gasteiger partial charge in [-0.25, -0.2) is 9.97 Å². The van der Waals surface area contributed by atoms with Crippen LogP contribution in [0.5, 0.6) is 0 Å². The molecule has 126 valence electrons. The lowest BCUT2D eigenvalue weighted by Gasteiger charge is -2.29. The summed E-state index contributed by atoms with van der Waals surface area (Å²) in [6, 6.07) is 0. The Morgan fingerprint density at radius 3 is 3.00 bits per heavy atom. The first-order valence-corrected chi connectivity index (χ1v) is 8.13. The molecule has 3 rings (SSSR count). The number of nitrogen functional groups attached to an aromatic ring is 1. The lowest BCUT2D eigenvalue weighted by Crippen LogP contribution is -2.37. The molecule has 0 atom stereocenters. The third-order valence-corrected chi connectivity index (χ3v) is 3.97. The summed E-state index contributed by atoms with van der Waals surface area (Å²) in [5.41, 5.74) is 8.00. The minimum Gasteiger partial charge on any atom is -0.370 e. The van der Waals surface area contributed by atoms with Crippen LogP contribution in [0.1, 0.15) is 41.5 Å².